The van der Waals surface area contributed by atoms with E-state index >= 15 is 0 Å². The minimum Gasteiger partial charge on any atom is -0.383 e. The third-order valence-corrected chi connectivity index (χ3v) is 2.72. The van der Waals surface area contributed by atoms with Gasteiger partial charge in [0, 0.05) is 26.2 Å². The predicted octanol–water partition coefficient (Wildman–Crippen LogP) is 3.11. The first kappa shape index (κ1) is 15.4. The third-order valence-electron chi connectivity index (χ3n) is 2.72. The van der Waals surface area contributed by atoms with Crippen LogP contribution in [-0.2, 0) is 6.54 Å². The van der Waals surface area contributed by atoms with Crippen LogP contribution in [0.4, 0.5) is 11.4 Å². The van der Waals surface area contributed by atoms with E-state index in [-0.39, 0.29) is 16.0 Å². The van der Waals surface area contributed by atoms with E-state index in [9.17, 15) is 10.1 Å². The Morgan fingerprint density at radius 3 is 2.47 bits per heavy atom. The highest BCUT2D eigenvalue weighted by Crippen LogP contribution is 2.26. The lowest BCUT2D eigenvalue weighted by Crippen LogP contribution is -2.28. The molecule has 1 rings (SSSR count). The zero-order valence-corrected chi connectivity index (χ0v) is 12.4. The second-order valence-corrected chi connectivity index (χ2v) is 6.09. The fourth-order valence-corrected chi connectivity index (χ4v) is 2.22. The van der Waals surface area contributed by atoms with E-state index in [1.165, 1.54) is 0 Å². The van der Waals surface area contributed by atoms with Gasteiger partial charge in [-0.3, -0.25) is 10.1 Å². The van der Waals surface area contributed by atoms with E-state index < -0.39 is 0 Å². The summed E-state index contributed by atoms with van der Waals surface area (Å²) in [4.78, 5) is 12.8. The summed E-state index contributed by atoms with van der Waals surface area (Å²) in [5.74, 6) is 0. The molecule has 0 aliphatic heterocycles. The van der Waals surface area contributed by atoms with Crippen molar-refractivity contribution in [1.29, 1.82) is 0 Å². The zero-order valence-electron chi connectivity index (χ0n) is 12.4. The van der Waals surface area contributed by atoms with Crippen molar-refractivity contribution >= 4 is 11.4 Å². The van der Waals surface area contributed by atoms with E-state index in [2.05, 4.69) is 31.0 Å². The van der Waals surface area contributed by atoms with Crippen LogP contribution in [0.15, 0.2) is 18.2 Å². The lowest BCUT2D eigenvalue weighted by molar-refractivity contribution is -0.384. The molecular formula is C14H23N3O2. The molecule has 106 valence electrons. The van der Waals surface area contributed by atoms with Gasteiger partial charge in [-0.1, -0.05) is 26.8 Å². The monoisotopic (exact) mass is 265 g/mol. The average molecular weight is 265 g/mol. The minimum absolute atomic E-state index is 0.129. The summed E-state index contributed by atoms with van der Waals surface area (Å²) < 4.78 is 0. The topological polar surface area (TPSA) is 58.4 Å². The normalized spacial score (nSPS) is 11.7. The molecule has 0 saturated carbocycles. The maximum Gasteiger partial charge on any atom is 0.292 e. The van der Waals surface area contributed by atoms with Gasteiger partial charge in [0.1, 0.15) is 5.69 Å². The number of nitrogens with one attached hydrogen (secondary N) is 1. The van der Waals surface area contributed by atoms with Crippen LogP contribution >= 0.6 is 0 Å². The van der Waals surface area contributed by atoms with Crippen molar-refractivity contribution in [1.82, 2.24) is 4.90 Å². The quantitative estimate of drug-likeness (QED) is 0.656. The predicted molar refractivity (Wildman–Crippen MR) is 78.4 cm³/mol. The zero-order chi connectivity index (χ0) is 14.6. The van der Waals surface area contributed by atoms with Gasteiger partial charge in [0.05, 0.1) is 4.92 Å². The van der Waals surface area contributed by atoms with Crippen LogP contribution in [0.1, 0.15) is 26.3 Å². The van der Waals surface area contributed by atoms with Crippen molar-refractivity contribution in [3.63, 3.8) is 0 Å². The minimum atomic E-state index is -0.348. The molecular weight excluding hydrogens is 242 g/mol. The van der Waals surface area contributed by atoms with Gasteiger partial charge < -0.3 is 10.2 Å². The molecule has 1 aromatic carbocycles. The molecule has 0 amide bonds. The van der Waals surface area contributed by atoms with E-state index in [1.807, 2.05) is 13.1 Å². The van der Waals surface area contributed by atoms with E-state index in [0.29, 0.717) is 12.2 Å². The summed E-state index contributed by atoms with van der Waals surface area (Å²) in [5.41, 5.74) is 1.85. The summed E-state index contributed by atoms with van der Waals surface area (Å²) >= 11 is 0. The number of hydrogen-bond donors (Lipinski definition) is 1. The van der Waals surface area contributed by atoms with Crippen LogP contribution in [-0.4, -0.2) is 30.5 Å². The average Bonchev–Trinajstić information content (AvgIpc) is 2.26. The van der Waals surface area contributed by atoms with E-state index in [0.717, 1.165) is 12.1 Å². The molecule has 0 heterocycles. The third kappa shape index (κ3) is 4.87. The molecule has 0 aliphatic rings. The molecule has 0 radical (unpaired) electrons. The first-order valence-corrected chi connectivity index (χ1v) is 6.36. The van der Waals surface area contributed by atoms with Gasteiger partial charge >= 0.3 is 0 Å². The van der Waals surface area contributed by atoms with Crippen molar-refractivity contribution in [3.8, 4) is 0 Å². The lowest BCUT2D eigenvalue weighted by atomic mass is 9.96. The molecule has 0 aromatic heterocycles. The van der Waals surface area contributed by atoms with Gasteiger partial charge in [0.15, 0.2) is 0 Å². The molecule has 1 aromatic rings. The van der Waals surface area contributed by atoms with Crippen LogP contribution in [0.2, 0.25) is 0 Å². The number of nitro groups is 1. The van der Waals surface area contributed by atoms with Gasteiger partial charge in [0.25, 0.3) is 5.69 Å². The molecule has 0 aliphatic carbocycles. The standard InChI is InChI=1S/C14H23N3O2/c1-14(2,3)10-16(5)9-11-6-7-12(15-4)13(8-11)17(18)19/h6-8,15H,9-10H2,1-5H3. The van der Waals surface area contributed by atoms with Crippen molar-refractivity contribution in [2.45, 2.75) is 27.3 Å². The second-order valence-electron chi connectivity index (χ2n) is 6.09. The summed E-state index contributed by atoms with van der Waals surface area (Å²) in [6.45, 7) is 8.18. The Bertz CT molecular complexity index is 452. The summed E-state index contributed by atoms with van der Waals surface area (Å²) in [7, 11) is 3.72. The first-order chi connectivity index (χ1) is 8.73. The van der Waals surface area contributed by atoms with Gasteiger partial charge in [0.2, 0.25) is 0 Å². The molecule has 0 atom stereocenters. The molecule has 19 heavy (non-hydrogen) atoms. The summed E-state index contributed by atoms with van der Waals surface area (Å²) in [6, 6.07) is 5.33. The highest BCUT2D eigenvalue weighted by Gasteiger charge is 2.16. The molecule has 5 heteroatoms. The first-order valence-electron chi connectivity index (χ1n) is 6.36. The van der Waals surface area contributed by atoms with Crippen molar-refractivity contribution in [3.05, 3.63) is 33.9 Å². The Hall–Kier alpha value is -1.62. The van der Waals surface area contributed by atoms with Gasteiger partial charge in [-0.25, -0.2) is 0 Å². The van der Waals surface area contributed by atoms with Gasteiger partial charge in [-0.15, -0.1) is 0 Å². The summed E-state index contributed by atoms with van der Waals surface area (Å²) in [6.07, 6.45) is 0. The van der Waals surface area contributed by atoms with E-state index in [1.54, 1.807) is 19.2 Å². The SMILES string of the molecule is CNc1ccc(CN(C)CC(C)(C)C)cc1[N+](=O)[O-]. The van der Waals surface area contributed by atoms with Crippen LogP contribution in [0, 0.1) is 15.5 Å². The Morgan fingerprint density at radius 2 is 2.00 bits per heavy atom. The van der Waals surface area contributed by atoms with Crippen LogP contribution in [0.3, 0.4) is 0 Å². The maximum absolute atomic E-state index is 11.0. The second kappa shape index (κ2) is 6.02. The van der Waals surface area contributed by atoms with Crippen LogP contribution in [0.25, 0.3) is 0 Å². The number of benzene rings is 1. The van der Waals surface area contributed by atoms with E-state index in [4.69, 9.17) is 0 Å². The highest BCUT2D eigenvalue weighted by molar-refractivity contribution is 5.62. The Morgan fingerprint density at radius 1 is 1.37 bits per heavy atom. The molecule has 1 N–H and O–H groups in total. The maximum atomic E-state index is 11.0. The lowest BCUT2D eigenvalue weighted by Gasteiger charge is -2.26. The van der Waals surface area contributed by atoms with Gasteiger partial charge in [-0.2, -0.15) is 0 Å². The molecule has 5 nitrogen and oxygen atoms in total. The Balaban J connectivity index is 2.85. The molecule has 0 saturated heterocycles. The van der Waals surface area contributed by atoms with Crippen molar-refractivity contribution in [2.24, 2.45) is 5.41 Å². The Labute approximate surface area is 114 Å². The largest absolute Gasteiger partial charge is 0.383 e. The number of rotatable bonds is 5. The smallest absolute Gasteiger partial charge is 0.292 e. The van der Waals surface area contributed by atoms with Crippen molar-refractivity contribution < 1.29 is 4.92 Å². The van der Waals surface area contributed by atoms with Crippen molar-refractivity contribution in [2.75, 3.05) is 26.0 Å². The molecule has 0 bridgehead atoms. The number of nitrogens with zero attached hydrogens (tertiary/aromatic N) is 2. The molecule has 0 spiro atoms. The van der Waals surface area contributed by atoms with Crippen LogP contribution in [0.5, 0.6) is 0 Å². The Kier molecular flexibility index (Phi) is 4.89. The summed E-state index contributed by atoms with van der Waals surface area (Å²) in [5, 5.41) is 13.8. The highest BCUT2D eigenvalue weighted by atomic mass is 16.6. The fourth-order valence-electron chi connectivity index (χ4n) is 2.22. The van der Waals surface area contributed by atoms with Gasteiger partial charge in [-0.05, 0) is 24.1 Å². The van der Waals surface area contributed by atoms with Crippen LogP contribution < -0.4 is 5.32 Å². The molecule has 0 unspecified atom stereocenters. The number of hydrogen-bond acceptors (Lipinski definition) is 4. The number of anilines is 1. The number of nitro benzene ring substituents is 1. The molecule has 0 fully saturated rings. The fraction of sp³-hybridized carbons (Fsp3) is 0.571.